The molecule has 6 heteroatoms. The average Bonchev–Trinajstić information content (AvgIpc) is 2.49. The van der Waals surface area contributed by atoms with Gasteiger partial charge in [-0.25, -0.2) is 0 Å². The number of carbonyl (C=O) groups excluding carboxylic acids is 1. The van der Waals surface area contributed by atoms with Gasteiger partial charge < -0.3 is 25.8 Å². The molecule has 0 amide bonds. The van der Waals surface area contributed by atoms with Crippen LogP contribution < -0.4 is 5.73 Å². The Hall–Kier alpha value is -1.79. The number of ether oxygens (including phenoxy) is 1. The van der Waals surface area contributed by atoms with E-state index in [0.717, 1.165) is 7.11 Å². The summed E-state index contributed by atoms with van der Waals surface area (Å²) in [6.07, 6.45) is -3.17. The molecule has 0 aliphatic carbocycles. The molecule has 6 nitrogen and oxygen atoms in total. The molecule has 16 heavy (non-hydrogen) atoms. The highest BCUT2D eigenvalue weighted by molar-refractivity contribution is 5.76. The third-order valence-electron chi connectivity index (χ3n) is 1.65. The first-order chi connectivity index (χ1) is 9.97. The summed E-state index contributed by atoms with van der Waals surface area (Å²) in [5.41, 5.74) is 4.35. The normalized spacial score (nSPS) is 23.4. The largest absolute Gasteiger partial charge is 0.504 e. The molecule has 0 aliphatic heterocycles. The van der Waals surface area contributed by atoms with Crippen molar-refractivity contribution < 1.29 is 31.7 Å². The zero-order chi connectivity index (χ0) is 17.5. The molecule has 0 spiro atoms. The van der Waals surface area contributed by atoms with Crippen molar-refractivity contribution in [2.45, 2.75) is 12.1 Å². The van der Waals surface area contributed by atoms with Gasteiger partial charge in [-0.1, -0.05) is 6.04 Å². The molecule has 0 bridgehead atoms. The van der Waals surface area contributed by atoms with E-state index in [9.17, 15) is 15.0 Å². The molecular formula is C10H13NO5. The van der Waals surface area contributed by atoms with E-state index in [-0.39, 0.29) is 0 Å². The Bertz CT molecular complexity index is 595. The van der Waals surface area contributed by atoms with Gasteiger partial charge in [0.1, 0.15) is 12.1 Å². The molecule has 0 aromatic heterocycles. The van der Waals surface area contributed by atoms with Gasteiger partial charge in [0.05, 0.1) is 14.0 Å². The predicted octanol–water partition coefficient (Wildman–Crippen LogP) is -0.369. The van der Waals surface area contributed by atoms with E-state index in [1.54, 1.807) is 0 Å². The molecule has 88 valence electrons. The third kappa shape index (κ3) is 2.41. The highest BCUT2D eigenvalue weighted by Gasteiger charge is 2.25. The van der Waals surface area contributed by atoms with E-state index < -0.39 is 53.3 Å². The Morgan fingerprint density at radius 1 is 1.62 bits per heavy atom. The summed E-state index contributed by atoms with van der Waals surface area (Å²) in [4.78, 5) is 11.6. The first-order valence-corrected chi connectivity index (χ1v) is 4.01. The summed E-state index contributed by atoms with van der Waals surface area (Å²) in [6, 6.07) is -6.16. The van der Waals surface area contributed by atoms with E-state index in [1.165, 1.54) is 0 Å². The molecular weight excluding hydrogens is 214 g/mol. The smallest absolute Gasteiger partial charge is 0.325 e. The Labute approximate surface area is 100 Å². The summed E-state index contributed by atoms with van der Waals surface area (Å²) in [5, 5.41) is 23.0. The molecule has 0 aliphatic rings. The van der Waals surface area contributed by atoms with E-state index in [2.05, 4.69) is 9.85 Å². The number of esters is 1. The Morgan fingerprint density at radius 2 is 2.31 bits per heavy atom. The van der Waals surface area contributed by atoms with Gasteiger partial charge in [0.25, 0.3) is 0 Å². The molecule has 2 atom stereocenters. The SMILES string of the molecule is [2H]O[C@@]([2H])(c1c([2H])c([2H])c(O)c(O)c1[2H])[C@]([2H])(N)C(=O)OC. The van der Waals surface area contributed by atoms with Crippen LogP contribution in [0.2, 0.25) is 0 Å². The zero-order valence-electron chi connectivity index (χ0n) is 14.2. The van der Waals surface area contributed by atoms with Crippen LogP contribution in [-0.4, -0.2) is 35.9 Å². The van der Waals surface area contributed by atoms with Crippen molar-refractivity contribution in [3.63, 3.8) is 0 Å². The highest BCUT2D eigenvalue weighted by atomic mass is 16.5. The summed E-state index contributed by atoms with van der Waals surface area (Å²) in [5.74, 6) is -3.78. The van der Waals surface area contributed by atoms with Crippen LogP contribution in [0.3, 0.4) is 0 Å². The average molecular weight is 233 g/mol. The maximum Gasteiger partial charge on any atom is 0.325 e. The lowest BCUT2D eigenvalue weighted by Crippen LogP contribution is -2.37. The second-order valence-corrected chi connectivity index (χ2v) is 2.68. The van der Waals surface area contributed by atoms with Gasteiger partial charge in [-0.05, 0) is 17.6 Å². The van der Waals surface area contributed by atoms with Crippen LogP contribution in [0.5, 0.6) is 11.5 Å². The zero-order valence-corrected chi connectivity index (χ0v) is 8.20. The lowest BCUT2D eigenvalue weighted by molar-refractivity contribution is -0.145. The van der Waals surface area contributed by atoms with E-state index >= 15 is 0 Å². The van der Waals surface area contributed by atoms with Gasteiger partial charge >= 0.3 is 5.97 Å². The number of phenols is 2. The van der Waals surface area contributed by atoms with E-state index in [0.29, 0.717) is 0 Å². The molecule has 0 unspecified atom stereocenters. The van der Waals surface area contributed by atoms with Crippen molar-refractivity contribution in [2.24, 2.45) is 5.73 Å². The number of carbonyl (C=O) groups is 1. The number of aromatic hydroxyl groups is 2. The van der Waals surface area contributed by atoms with Crippen molar-refractivity contribution in [3.8, 4) is 11.5 Å². The Morgan fingerprint density at radius 3 is 2.88 bits per heavy atom. The summed E-state index contributed by atoms with van der Waals surface area (Å²) in [6.45, 7) is 0. The number of methoxy groups -OCH3 is 1. The van der Waals surface area contributed by atoms with Crippen LogP contribution in [0.4, 0.5) is 0 Å². The van der Waals surface area contributed by atoms with Gasteiger partial charge in [-0.2, -0.15) is 0 Å². The van der Waals surface area contributed by atoms with Crippen LogP contribution in [-0.2, 0) is 9.53 Å². The van der Waals surface area contributed by atoms with Gasteiger partial charge in [-0.3, -0.25) is 4.79 Å². The first kappa shape index (κ1) is 6.07. The molecule has 1 rings (SSSR count). The second kappa shape index (κ2) is 4.82. The van der Waals surface area contributed by atoms with Gasteiger partial charge in [0.2, 0.25) is 1.43 Å². The fraction of sp³-hybridized carbons (Fsp3) is 0.300. The molecule has 1 aromatic carbocycles. The minimum Gasteiger partial charge on any atom is -0.504 e. The minimum atomic E-state index is -3.17. The van der Waals surface area contributed by atoms with Crippen LogP contribution in [0.25, 0.3) is 0 Å². The molecule has 0 saturated carbocycles. The lowest BCUT2D eigenvalue weighted by atomic mass is 10.0. The second-order valence-electron chi connectivity index (χ2n) is 2.68. The summed E-state index contributed by atoms with van der Waals surface area (Å²) >= 11 is 0. The van der Waals surface area contributed by atoms with Crippen LogP contribution in [0.15, 0.2) is 18.1 Å². The lowest BCUT2D eigenvalue weighted by Gasteiger charge is -2.17. The maximum atomic E-state index is 11.6. The van der Waals surface area contributed by atoms with Gasteiger partial charge in [-0.15, -0.1) is 0 Å². The Kier molecular flexibility index (Phi) is 1.83. The quantitative estimate of drug-likeness (QED) is 0.417. The Balaban J connectivity index is 3.81. The summed E-state index contributed by atoms with van der Waals surface area (Å²) in [7, 11) is 0.857. The van der Waals surface area contributed by atoms with Crippen LogP contribution in [0.1, 0.15) is 18.5 Å². The van der Waals surface area contributed by atoms with Crippen molar-refractivity contribution in [1.82, 2.24) is 0 Å². The molecule has 0 saturated heterocycles. The van der Waals surface area contributed by atoms with E-state index in [4.69, 9.17) is 14.0 Å². The molecule has 1 aromatic rings. The monoisotopic (exact) mass is 233 g/mol. The van der Waals surface area contributed by atoms with Crippen LogP contribution >= 0.6 is 0 Å². The van der Waals surface area contributed by atoms with Gasteiger partial charge in [0.15, 0.2) is 11.5 Å². The molecule has 0 radical (unpaired) electrons. The van der Waals surface area contributed by atoms with Crippen molar-refractivity contribution in [2.75, 3.05) is 7.11 Å². The minimum absolute atomic E-state index is 0.857. The fourth-order valence-electron chi connectivity index (χ4n) is 0.841. The van der Waals surface area contributed by atoms with Gasteiger partial charge in [0, 0.05) is 0 Å². The van der Waals surface area contributed by atoms with E-state index in [1.807, 2.05) is 0 Å². The number of aliphatic hydroxyl groups is 1. The number of rotatable bonds is 4. The maximum absolute atomic E-state index is 11.6. The first-order valence-electron chi connectivity index (χ1n) is 6.91. The molecule has 5 N–H and O–H groups in total. The number of nitrogens with two attached hydrogens (primary N) is 1. The molecule has 0 heterocycles. The van der Waals surface area contributed by atoms with Crippen molar-refractivity contribution in [3.05, 3.63) is 23.7 Å². The number of benzene rings is 1. The fourth-order valence-corrected chi connectivity index (χ4v) is 0.841. The number of phenolic OH excluding ortho intramolecular Hbond substituents is 2. The summed E-state index contributed by atoms with van der Waals surface area (Å²) < 4.78 is 49.6. The third-order valence-corrected chi connectivity index (χ3v) is 1.65. The topological polar surface area (TPSA) is 113 Å². The molecule has 0 fully saturated rings. The van der Waals surface area contributed by atoms with Crippen molar-refractivity contribution in [1.29, 1.82) is 1.43 Å². The number of hydrogen-bond acceptors (Lipinski definition) is 6. The predicted molar refractivity (Wildman–Crippen MR) is 54.7 cm³/mol. The van der Waals surface area contributed by atoms with Crippen LogP contribution in [0, 0.1) is 0 Å². The standard InChI is InChI=1S/C10H13NO5/c1-16-10(15)8(11)9(14)5-2-3-6(12)7(13)4-5/h2-4,8-9,12-14H,11H2,1H3/t8-,9-/m0/s1/i2D,3D,4D,8D,9D,14D. The number of hydrogen-bond donors (Lipinski definition) is 4. The van der Waals surface area contributed by atoms with Crippen molar-refractivity contribution >= 4 is 5.97 Å². The highest BCUT2D eigenvalue weighted by Crippen LogP contribution is 2.28.